The molecule has 0 spiro atoms. The Bertz CT molecular complexity index is 835. The van der Waals surface area contributed by atoms with E-state index in [1.54, 1.807) is 6.26 Å². The van der Waals surface area contributed by atoms with Gasteiger partial charge in [-0.25, -0.2) is 4.98 Å². The monoisotopic (exact) mass is 390 g/mol. The molecule has 1 aliphatic rings. The van der Waals surface area contributed by atoms with Crippen molar-refractivity contribution in [3.63, 3.8) is 0 Å². The van der Waals surface area contributed by atoms with Gasteiger partial charge < -0.3 is 9.73 Å². The number of halogens is 1. The molecular formula is C21H27ClN2OS. The Labute approximate surface area is 164 Å². The molecule has 3 heterocycles. The summed E-state index contributed by atoms with van der Waals surface area (Å²) in [6.07, 6.45) is 8.36. The molecule has 4 rings (SSSR count). The van der Waals surface area contributed by atoms with Gasteiger partial charge in [0.2, 0.25) is 0 Å². The molecule has 0 bridgehead atoms. The molecule has 1 N–H and O–H groups in total. The van der Waals surface area contributed by atoms with E-state index < -0.39 is 0 Å². The lowest BCUT2D eigenvalue weighted by molar-refractivity contribution is 0.447. The average molecular weight is 391 g/mol. The Morgan fingerprint density at radius 3 is 2.73 bits per heavy atom. The summed E-state index contributed by atoms with van der Waals surface area (Å²) >= 11 is 8.17. The summed E-state index contributed by atoms with van der Waals surface area (Å²) in [4.78, 5) is 6.11. The number of fused-ring (bicyclic) bond motifs is 1. The van der Waals surface area contributed by atoms with Gasteiger partial charge in [-0.15, -0.1) is 11.3 Å². The van der Waals surface area contributed by atoms with E-state index in [0.29, 0.717) is 17.6 Å². The predicted molar refractivity (Wildman–Crippen MR) is 113 cm³/mol. The second-order valence-electron chi connectivity index (χ2n) is 6.53. The van der Waals surface area contributed by atoms with Crippen LogP contribution >= 0.6 is 22.9 Å². The first-order chi connectivity index (χ1) is 12.7. The fraction of sp³-hybridized carbons (Fsp3) is 0.476. The summed E-state index contributed by atoms with van der Waals surface area (Å²) in [5, 5.41) is 4.01. The van der Waals surface area contributed by atoms with E-state index >= 15 is 0 Å². The van der Waals surface area contributed by atoms with Crippen LogP contribution in [0.25, 0.3) is 10.2 Å². The van der Waals surface area contributed by atoms with Crippen LogP contribution in [0.2, 0.25) is 5.15 Å². The zero-order valence-electron chi connectivity index (χ0n) is 15.8. The van der Waals surface area contributed by atoms with Crippen LogP contribution < -0.4 is 5.32 Å². The van der Waals surface area contributed by atoms with Crippen molar-refractivity contribution in [1.29, 1.82) is 0 Å². The van der Waals surface area contributed by atoms with Crippen molar-refractivity contribution in [2.45, 2.75) is 65.3 Å². The van der Waals surface area contributed by atoms with Crippen LogP contribution in [0.4, 0.5) is 5.69 Å². The molecule has 140 valence electrons. The molecule has 5 heteroatoms. The lowest BCUT2D eigenvalue weighted by atomic mass is 9.87. The Hall–Kier alpha value is -1.52. The Kier molecular flexibility index (Phi) is 6.60. The second-order valence-corrected chi connectivity index (χ2v) is 7.97. The van der Waals surface area contributed by atoms with Gasteiger partial charge in [0.15, 0.2) is 0 Å². The van der Waals surface area contributed by atoms with Gasteiger partial charge in [-0.2, -0.15) is 0 Å². The van der Waals surface area contributed by atoms with Crippen LogP contribution in [-0.2, 0) is 6.54 Å². The highest BCUT2D eigenvalue weighted by Crippen LogP contribution is 2.44. The van der Waals surface area contributed by atoms with E-state index in [0.717, 1.165) is 17.0 Å². The van der Waals surface area contributed by atoms with Crippen molar-refractivity contribution in [3.05, 3.63) is 45.8 Å². The number of hydrogen-bond acceptors (Lipinski definition) is 4. The topological polar surface area (TPSA) is 38.1 Å². The quantitative estimate of drug-likeness (QED) is 0.467. The van der Waals surface area contributed by atoms with E-state index in [-0.39, 0.29) is 0 Å². The first-order valence-electron chi connectivity index (χ1n) is 9.58. The average Bonchev–Trinajstić information content (AvgIpc) is 3.31. The SMILES string of the molecule is CC.Cc1c(C2CCCCC2)sc2c(NCc3ccco3)cc(Cl)nc12. The van der Waals surface area contributed by atoms with Crippen LogP contribution in [0, 0.1) is 6.92 Å². The Balaban J connectivity index is 0.000000948. The van der Waals surface area contributed by atoms with Gasteiger partial charge in [-0.1, -0.05) is 44.7 Å². The molecule has 0 unspecified atom stereocenters. The molecule has 0 atom stereocenters. The van der Waals surface area contributed by atoms with Gasteiger partial charge in [0, 0.05) is 10.9 Å². The van der Waals surface area contributed by atoms with Crippen LogP contribution in [0.15, 0.2) is 28.9 Å². The number of rotatable bonds is 4. The molecule has 1 fully saturated rings. The Morgan fingerprint density at radius 2 is 2.04 bits per heavy atom. The number of nitrogens with zero attached hydrogens (tertiary/aromatic N) is 1. The molecule has 1 saturated carbocycles. The summed E-state index contributed by atoms with van der Waals surface area (Å²) in [5.74, 6) is 1.60. The molecule has 0 saturated heterocycles. The lowest BCUT2D eigenvalue weighted by Gasteiger charge is -2.21. The maximum Gasteiger partial charge on any atom is 0.131 e. The van der Waals surface area contributed by atoms with E-state index in [1.165, 1.54) is 47.2 Å². The molecule has 1 aliphatic carbocycles. The number of thiophene rings is 1. The van der Waals surface area contributed by atoms with Crippen LogP contribution in [0.3, 0.4) is 0 Å². The standard InChI is InChI=1S/C19H21ClN2OS.C2H6/c1-12-17-19(24-18(12)13-6-3-2-4-7-13)15(10-16(20)22-17)21-11-14-8-5-9-23-14;1-2/h5,8-10,13H,2-4,6-7,11H2,1H3,(H,21,22);1-2H3. The van der Waals surface area contributed by atoms with E-state index in [4.69, 9.17) is 16.0 Å². The van der Waals surface area contributed by atoms with Gasteiger partial charge in [0.1, 0.15) is 10.9 Å². The van der Waals surface area contributed by atoms with Crippen molar-refractivity contribution in [1.82, 2.24) is 4.98 Å². The molecule has 26 heavy (non-hydrogen) atoms. The van der Waals surface area contributed by atoms with Crippen molar-refractivity contribution in [2.75, 3.05) is 5.32 Å². The minimum atomic E-state index is 0.542. The number of aryl methyl sites for hydroxylation is 1. The fourth-order valence-electron chi connectivity index (χ4n) is 3.64. The van der Waals surface area contributed by atoms with Crippen molar-refractivity contribution >= 4 is 38.8 Å². The van der Waals surface area contributed by atoms with Crippen molar-refractivity contribution in [2.24, 2.45) is 0 Å². The molecule has 3 nitrogen and oxygen atoms in total. The predicted octanol–water partition coefficient (Wildman–Crippen LogP) is 7.54. The van der Waals surface area contributed by atoms with Crippen molar-refractivity contribution < 1.29 is 4.42 Å². The summed E-state index contributed by atoms with van der Waals surface area (Å²) in [6.45, 7) is 6.85. The highest BCUT2D eigenvalue weighted by Gasteiger charge is 2.22. The molecule has 3 aromatic heterocycles. The summed E-state index contributed by atoms with van der Waals surface area (Å²) < 4.78 is 6.63. The summed E-state index contributed by atoms with van der Waals surface area (Å²) in [5.41, 5.74) is 3.41. The van der Waals surface area contributed by atoms with Gasteiger partial charge in [-0.3, -0.25) is 0 Å². The molecule has 0 radical (unpaired) electrons. The second kappa shape index (κ2) is 8.92. The van der Waals surface area contributed by atoms with Crippen LogP contribution in [0.1, 0.15) is 68.1 Å². The number of pyridine rings is 1. The molecular weight excluding hydrogens is 364 g/mol. The zero-order chi connectivity index (χ0) is 18.5. The molecule has 0 amide bonds. The lowest BCUT2D eigenvalue weighted by Crippen LogP contribution is -2.03. The molecule has 3 aromatic rings. The summed E-state index contributed by atoms with van der Waals surface area (Å²) in [6, 6.07) is 5.80. The third-order valence-electron chi connectivity index (χ3n) is 4.89. The smallest absolute Gasteiger partial charge is 0.131 e. The number of anilines is 1. The van der Waals surface area contributed by atoms with Crippen LogP contribution in [0.5, 0.6) is 0 Å². The van der Waals surface area contributed by atoms with Gasteiger partial charge in [0.25, 0.3) is 0 Å². The first kappa shape index (κ1) is 19.2. The summed E-state index contributed by atoms with van der Waals surface area (Å²) in [7, 11) is 0. The molecule has 0 aliphatic heterocycles. The highest BCUT2D eigenvalue weighted by atomic mass is 35.5. The third-order valence-corrected chi connectivity index (χ3v) is 6.56. The number of furan rings is 1. The maximum absolute atomic E-state index is 6.28. The Morgan fingerprint density at radius 1 is 1.27 bits per heavy atom. The first-order valence-corrected chi connectivity index (χ1v) is 10.8. The minimum absolute atomic E-state index is 0.542. The van der Waals surface area contributed by atoms with Crippen molar-refractivity contribution in [3.8, 4) is 0 Å². The van der Waals surface area contributed by atoms with Gasteiger partial charge in [0.05, 0.1) is 28.7 Å². The van der Waals surface area contributed by atoms with Gasteiger partial charge in [-0.05, 0) is 43.4 Å². The highest BCUT2D eigenvalue weighted by molar-refractivity contribution is 7.20. The number of nitrogens with one attached hydrogen (secondary N) is 1. The van der Waals surface area contributed by atoms with E-state index in [9.17, 15) is 0 Å². The van der Waals surface area contributed by atoms with Gasteiger partial charge >= 0.3 is 0 Å². The largest absolute Gasteiger partial charge is 0.467 e. The molecule has 0 aromatic carbocycles. The zero-order valence-corrected chi connectivity index (χ0v) is 17.3. The van der Waals surface area contributed by atoms with Crippen LogP contribution in [-0.4, -0.2) is 4.98 Å². The van der Waals surface area contributed by atoms with E-state index in [1.807, 2.05) is 43.4 Å². The maximum atomic E-state index is 6.28. The number of hydrogen-bond donors (Lipinski definition) is 1. The van der Waals surface area contributed by atoms with E-state index in [2.05, 4.69) is 17.2 Å². The normalized spacial score (nSPS) is 14.9. The third kappa shape index (κ3) is 4.07. The minimum Gasteiger partial charge on any atom is -0.467 e. The fourth-order valence-corrected chi connectivity index (χ4v) is 5.25. The number of aromatic nitrogens is 1.